The van der Waals surface area contributed by atoms with Crippen molar-refractivity contribution in [3.05, 3.63) is 88.2 Å². The minimum absolute atomic E-state index is 0.194. The average Bonchev–Trinajstić information content (AvgIpc) is 3.21. The summed E-state index contributed by atoms with van der Waals surface area (Å²) < 4.78 is 16.0. The smallest absolute Gasteiger partial charge is 0.171 e. The molecule has 5 rings (SSSR count). The first-order chi connectivity index (χ1) is 15.7. The summed E-state index contributed by atoms with van der Waals surface area (Å²) in [5, 5.41) is 7.99. The predicted octanol–water partition coefficient (Wildman–Crippen LogP) is 5.02. The molecule has 1 unspecified atom stereocenters. The molecule has 0 spiro atoms. The van der Waals surface area contributed by atoms with Crippen molar-refractivity contribution in [2.75, 3.05) is 18.4 Å². The van der Waals surface area contributed by atoms with Crippen molar-refractivity contribution in [3.8, 4) is 0 Å². The molecular formula is C24H24BrFN6. The molecule has 1 fully saturated rings. The fourth-order valence-corrected chi connectivity index (χ4v) is 4.62. The van der Waals surface area contributed by atoms with Crippen molar-refractivity contribution in [3.63, 3.8) is 0 Å². The highest BCUT2D eigenvalue weighted by atomic mass is 79.9. The van der Waals surface area contributed by atoms with Gasteiger partial charge in [0.1, 0.15) is 11.6 Å². The first kappa shape index (κ1) is 21.0. The number of nitrogens with one attached hydrogen (secondary N) is 1. The maximum absolute atomic E-state index is 13.2. The summed E-state index contributed by atoms with van der Waals surface area (Å²) in [5.41, 5.74) is 4.12. The maximum Gasteiger partial charge on any atom is 0.171 e. The largest absolute Gasteiger partial charge is 0.366 e. The molecule has 0 aliphatic carbocycles. The number of benzene rings is 1. The zero-order valence-electron chi connectivity index (χ0n) is 17.6. The van der Waals surface area contributed by atoms with Gasteiger partial charge in [-0.1, -0.05) is 18.2 Å². The number of hydrogen-bond donors (Lipinski definition) is 1. The third-order valence-electron chi connectivity index (χ3n) is 5.89. The van der Waals surface area contributed by atoms with Crippen LogP contribution in [-0.4, -0.2) is 37.6 Å². The van der Waals surface area contributed by atoms with Crippen LogP contribution < -0.4 is 5.32 Å². The van der Waals surface area contributed by atoms with Gasteiger partial charge in [-0.05, 0) is 64.6 Å². The number of rotatable bonds is 6. The van der Waals surface area contributed by atoms with E-state index in [9.17, 15) is 4.39 Å². The second-order valence-electron chi connectivity index (χ2n) is 8.21. The van der Waals surface area contributed by atoms with E-state index in [0.29, 0.717) is 12.5 Å². The van der Waals surface area contributed by atoms with Crippen molar-refractivity contribution in [1.29, 1.82) is 0 Å². The van der Waals surface area contributed by atoms with Crippen molar-refractivity contribution >= 4 is 27.4 Å². The summed E-state index contributed by atoms with van der Waals surface area (Å²) in [5.74, 6) is 1.05. The quantitative estimate of drug-likeness (QED) is 0.407. The van der Waals surface area contributed by atoms with Crippen LogP contribution in [0.25, 0.3) is 5.65 Å². The number of anilines is 1. The van der Waals surface area contributed by atoms with Crippen LogP contribution in [0.15, 0.2) is 65.5 Å². The van der Waals surface area contributed by atoms with E-state index in [2.05, 4.69) is 42.3 Å². The number of pyridine rings is 1. The lowest BCUT2D eigenvalue weighted by molar-refractivity contribution is 0.198. The van der Waals surface area contributed by atoms with E-state index < -0.39 is 0 Å². The Bertz CT molecular complexity index is 1190. The van der Waals surface area contributed by atoms with Gasteiger partial charge in [0.05, 0.1) is 16.4 Å². The number of piperidine rings is 1. The van der Waals surface area contributed by atoms with Crippen LogP contribution in [0.2, 0.25) is 0 Å². The van der Waals surface area contributed by atoms with Crippen LogP contribution in [0.5, 0.6) is 0 Å². The molecule has 1 N–H and O–H groups in total. The molecular weight excluding hydrogens is 471 g/mol. The molecule has 1 aliphatic rings. The molecule has 6 nitrogen and oxygen atoms in total. The van der Waals surface area contributed by atoms with E-state index in [1.165, 1.54) is 12.1 Å². The Morgan fingerprint density at radius 3 is 2.81 bits per heavy atom. The lowest BCUT2D eigenvalue weighted by atomic mass is 9.94. The molecule has 1 aliphatic heterocycles. The number of fused-ring (bicyclic) bond motifs is 1. The summed E-state index contributed by atoms with van der Waals surface area (Å²) in [6.07, 6.45) is 7.62. The van der Waals surface area contributed by atoms with Gasteiger partial charge in [-0.15, -0.1) is 0 Å². The Kier molecular flexibility index (Phi) is 6.14. The zero-order chi connectivity index (χ0) is 21.9. The molecule has 0 amide bonds. The molecule has 1 atom stereocenters. The highest BCUT2D eigenvalue weighted by Crippen LogP contribution is 2.30. The van der Waals surface area contributed by atoms with Gasteiger partial charge in [-0.25, -0.2) is 9.37 Å². The lowest BCUT2D eigenvalue weighted by Crippen LogP contribution is -2.34. The second kappa shape index (κ2) is 9.34. The molecule has 8 heteroatoms. The number of aromatic nitrogens is 4. The molecule has 0 bridgehead atoms. The first-order valence-corrected chi connectivity index (χ1v) is 11.6. The third kappa shape index (κ3) is 4.66. The highest BCUT2D eigenvalue weighted by Gasteiger charge is 2.24. The second-order valence-corrected chi connectivity index (χ2v) is 9.06. The SMILES string of the molecule is Fc1ccc(CN2CCCC(c3cc(NCc4cccnc4)n4ncc(Br)c4n3)C2)cc1. The van der Waals surface area contributed by atoms with Gasteiger partial charge in [-0.2, -0.15) is 9.61 Å². The summed E-state index contributed by atoms with van der Waals surface area (Å²) in [7, 11) is 0. The third-order valence-corrected chi connectivity index (χ3v) is 6.45. The molecule has 32 heavy (non-hydrogen) atoms. The number of hydrogen-bond acceptors (Lipinski definition) is 5. The van der Waals surface area contributed by atoms with Crippen LogP contribution >= 0.6 is 15.9 Å². The number of halogens is 2. The van der Waals surface area contributed by atoms with Crippen LogP contribution in [-0.2, 0) is 13.1 Å². The number of nitrogens with zero attached hydrogens (tertiary/aromatic N) is 5. The minimum atomic E-state index is -0.194. The van der Waals surface area contributed by atoms with Crippen molar-refractivity contribution in [2.45, 2.75) is 31.8 Å². The standard InChI is InChI=1S/C24H24BrFN6/c25-21-14-29-32-23(28-13-18-3-1-9-27-12-18)11-22(30-24(21)32)19-4-2-10-31(16-19)15-17-5-7-20(26)8-6-17/h1,3,5-9,11-12,14,19,28H,2,4,10,13,15-16H2. The lowest BCUT2D eigenvalue weighted by Gasteiger charge is -2.32. The summed E-state index contributed by atoms with van der Waals surface area (Å²) in [6, 6.07) is 12.9. The summed E-state index contributed by atoms with van der Waals surface area (Å²) >= 11 is 3.59. The molecule has 1 saturated heterocycles. The van der Waals surface area contributed by atoms with Crippen LogP contribution in [0, 0.1) is 5.82 Å². The maximum atomic E-state index is 13.2. The van der Waals surface area contributed by atoms with Crippen LogP contribution in [0.4, 0.5) is 10.2 Å². The molecule has 3 aromatic heterocycles. The van der Waals surface area contributed by atoms with E-state index in [4.69, 9.17) is 4.98 Å². The van der Waals surface area contributed by atoms with E-state index >= 15 is 0 Å². The molecule has 0 radical (unpaired) electrons. The Hall–Kier alpha value is -2.84. The van der Waals surface area contributed by atoms with Gasteiger partial charge < -0.3 is 5.32 Å². The van der Waals surface area contributed by atoms with Gasteiger partial charge in [0, 0.05) is 44.0 Å². The van der Waals surface area contributed by atoms with E-state index in [1.807, 2.05) is 35.0 Å². The normalized spacial score (nSPS) is 17.0. The fraction of sp³-hybridized carbons (Fsp3) is 0.292. The predicted molar refractivity (Wildman–Crippen MR) is 126 cm³/mol. The van der Waals surface area contributed by atoms with Gasteiger partial charge >= 0.3 is 0 Å². The molecule has 4 heterocycles. The molecule has 164 valence electrons. The van der Waals surface area contributed by atoms with Crippen molar-refractivity contribution in [1.82, 2.24) is 24.5 Å². The van der Waals surface area contributed by atoms with Gasteiger partial charge in [-0.3, -0.25) is 9.88 Å². The first-order valence-electron chi connectivity index (χ1n) is 10.8. The van der Waals surface area contributed by atoms with Gasteiger partial charge in [0.15, 0.2) is 5.65 Å². The van der Waals surface area contributed by atoms with Crippen molar-refractivity contribution in [2.24, 2.45) is 0 Å². The van der Waals surface area contributed by atoms with Gasteiger partial charge in [0.2, 0.25) is 0 Å². The Balaban J connectivity index is 1.37. The molecule has 1 aromatic carbocycles. The summed E-state index contributed by atoms with van der Waals surface area (Å²) in [4.78, 5) is 11.6. The van der Waals surface area contributed by atoms with Gasteiger partial charge in [0.25, 0.3) is 0 Å². The zero-order valence-corrected chi connectivity index (χ0v) is 19.2. The average molecular weight is 495 g/mol. The fourth-order valence-electron chi connectivity index (χ4n) is 4.27. The Labute approximate surface area is 194 Å². The number of likely N-dealkylation sites (tertiary alicyclic amines) is 1. The van der Waals surface area contributed by atoms with E-state index in [0.717, 1.165) is 65.2 Å². The van der Waals surface area contributed by atoms with E-state index in [1.54, 1.807) is 12.4 Å². The van der Waals surface area contributed by atoms with Crippen LogP contribution in [0.3, 0.4) is 0 Å². The minimum Gasteiger partial charge on any atom is -0.366 e. The van der Waals surface area contributed by atoms with E-state index in [-0.39, 0.29) is 5.82 Å². The topological polar surface area (TPSA) is 58.4 Å². The molecule has 4 aromatic rings. The van der Waals surface area contributed by atoms with Crippen molar-refractivity contribution < 1.29 is 4.39 Å². The monoisotopic (exact) mass is 494 g/mol. The summed E-state index contributed by atoms with van der Waals surface area (Å²) in [6.45, 7) is 3.44. The Morgan fingerprint density at radius 1 is 1.12 bits per heavy atom. The van der Waals surface area contributed by atoms with Crippen LogP contribution in [0.1, 0.15) is 35.6 Å². The molecule has 0 saturated carbocycles. The highest BCUT2D eigenvalue weighted by molar-refractivity contribution is 9.10. The Morgan fingerprint density at radius 2 is 2.00 bits per heavy atom.